The highest BCUT2D eigenvalue weighted by Crippen LogP contribution is 2.19. The maximum atomic E-state index is 12.8. The largest absolute Gasteiger partial charge is 0.480 e. The molecule has 4 nitrogen and oxygen atoms in total. The van der Waals surface area contributed by atoms with Gasteiger partial charge in [0.25, 0.3) is 0 Å². The van der Waals surface area contributed by atoms with E-state index in [0.29, 0.717) is 0 Å². The second kappa shape index (κ2) is 5.01. The molecule has 1 N–H and O–H groups in total. The topological polar surface area (TPSA) is 71.4 Å². The Kier molecular flexibility index (Phi) is 4.11. The molecule has 1 atom stereocenters. The Labute approximate surface area is 103 Å². The number of carbonyl (C=O) groups is 1. The van der Waals surface area contributed by atoms with Crippen molar-refractivity contribution in [2.75, 3.05) is 0 Å². The van der Waals surface area contributed by atoms with Gasteiger partial charge in [-0.1, -0.05) is 17.7 Å². The first-order valence-corrected chi connectivity index (χ1v) is 6.71. The number of benzene rings is 1. The Morgan fingerprint density at radius 1 is 1.53 bits per heavy atom. The second-order valence-electron chi connectivity index (χ2n) is 3.54. The van der Waals surface area contributed by atoms with Crippen molar-refractivity contribution in [3.8, 4) is 0 Å². The van der Waals surface area contributed by atoms with Gasteiger partial charge in [0.05, 0.1) is 10.8 Å². The van der Waals surface area contributed by atoms with Crippen LogP contribution in [0.5, 0.6) is 0 Å². The molecule has 0 aliphatic rings. The first kappa shape index (κ1) is 13.9. The number of rotatable bonds is 4. The van der Waals surface area contributed by atoms with Gasteiger partial charge >= 0.3 is 5.97 Å². The fraction of sp³-hybridized carbons (Fsp3) is 0.300. The summed E-state index contributed by atoms with van der Waals surface area (Å²) in [7, 11) is -3.82. The average molecular weight is 281 g/mol. The third kappa shape index (κ3) is 3.41. The Morgan fingerprint density at radius 3 is 2.59 bits per heavy atom. The lowest BCUT2D eigenvalue weighted by Gasteiger charge is -2.08. The minimum Gasteiger partial charge on any atom is -0.480 e. The van der Waals surface area contributed by atoms with Crippen molar-refractivity contribution in [3.63, 3.8) is 0 Å². The molecule has 0 aliphatic carbocycles. The first-order valence-electron chi connectivity index (χ1n) is 4.62. The molecular weight excluding hydrogens is 271 g/mol. The molecule has 1 rings (SSSR count). The minimum absolute atomic E-state index is 0.194. The van der Waals surface area contributed by atoms with Gasteiger partial charge < -0.3 is 5.11 Å². The molecule has 0 aromatic heterocycles. The molecule has 1 unspecified atom stereocenters. The lowest BCUT2D eigenvalue weighted by Crippen LogP contribution is -2.28. The highest BCUT2D eigenvalue weighted by atomic mass is 35.5. The summed E-state index contributed by atoms with van der Waals surface area (Å²) in [5, 5.41) is 6.93. The van der Waals surface area contributed by atoms with E-state index in [1.54, 1.807) is 0 Å². The lowest BCUT2D eigenvalue weighted by molar-refractivity contribution is -0.136. The number of aliphatic carboxylic acids is 1. The molecule has 17 heavy (non-hydrogen) atoms. The van der Waals surface area contributed by atoms with Crippen LogP contribution < -0.4 is 0 Å². The summed E-state index contributed by atoms with van der Waals surface area (Å²) >= 11 is 5.50. The lowest BCUT2D eigenvalue weighted by atomic mass is 10.2. The van der Waals surface area contributed by atoms with Crippen molar-refractivity contribution in [3.05, 3.63) is 34.6 Å². The van der Waals surface area contributed by atoms with Gasteiger partial charge in [-0.15, -0.1) is 0 Å². The molecule has 94 valence electrons. The van der Waals surface area contributed by atoms with E-state index in [9.17, 15) is 17.6 Å². The van der Waals surface area contributed by atoms with E-state index >= 15 is 0 Å². The summed E-state index contributed by atoms with van der Waals surface area (Å²) in [4.78, 5) is 10.6. The number of sulfone groups is 1. The van der Waals surface area contributed by atoms with Gasteiger partial charge in [0.1, 0.15) is 5.82 Å². The van der Waals surface area contributed by atoms with Gasteiger partial charge in [-0.3, -0.25) is 4.79 Å². The second-order valence-corrected chi connectivity index (χ2v) is 6.26. The third-order valence-electron chi connectivity index (χ3n) is 2.24. The van der Waals surface area contributed by atoms with E-state index < -0.39 is 32.6 Å². The summed E-state index contributed by atoms with van der Waals surface area (Å²) in [6, 6.07) is 3.47. The maximum Gasteiger partial charge on any atom is 0.321 e. The standard InChI is InChI=1S/C10H10ClFO4S/c1-6(10(13)14)17(15,16)5-7-2-3-9(12)8(11)4-7/h2-4,6H,5H2,1H3,(H,13,14). The average Bonchev–Trinajstić information content (AvgIpc) is 2.22. The van der Waals surface area contributed by atoms with Crippen LogP contribution in [-0.2, 0) is 20.4 Å². The van der Waals surface area contributed by atoms with E-state index in [1.807, 2.05) is 0 Å². The molecular formula is C10H10ClFO4S. The van der Waals surface area contributed by atoms with Gasteiger partial charge in [0, 0.05) is 0 Å². The molecule has 7 heteroatoms. The van der Waals surface area contributed by atoms with Crippen molar-refractivity contribution in [1.29, 1.82) is 0 Å². The zero-order valence-corrected chi connectivity index (χ0v) is 10.4. The van der Waals surface area contributed by atoms with Gasteiger partial charge in [0.15, 0.2) is 15.1 Å². The van der Waals surface area contributed by atoms with Crippen LogP contribution in [0.2, 0.25) is 5.02 Å². The van der Waals surface area contributed by atoms with Crippen molar-refractivity contribution in [1.82, 2.24) is 0 Å². The zero-order valence-electron chi connectivity index (χ0n) is 8.85. The van der Waals surface area contributed by atoms with Gasteiger partial charge in [0.2, 0.25) is 0 Å². The van der Waals surface area contributed by atoms with Crippen LogP contribution in [0, 0.1) is 5.82 Å². The third-order valence-corrected chi connectivity index (χ3v) is 4.54. The minimum atomic E-state index is -3.82. The van der Waals surface area contributed by atoms with E-state index in [2.05, 4.69) is 0 Å². The van der Waals surface area contributed by atoms with Gasteiger partial charge in [-0.25, -0.2) is 12.8 Å². The summed E-state index contributed by atoms with van der Waals surface area (Å²) in [6.45, 7) is 1.09. The van der Waals surface area contributed by atoms with E-state index in [-0.39, 0.29) is 10.6 Å². The fourth-order valence-electron chi connectivity index (χ4n) is 1.14. The predicted molar refractivity (Wildman–Crippen MR) is 61.1 cm³/mol. The van der Waals surface area contributed by atoms with Crippen molar-refractivity contribution >= 4 is 27.4 Å². The molecule has 0 saturated carbocycles. The highest BCUT2D eigenvalue weighted by Gasteiger charge is 2.27. The van der Waals surface area contributed by atoms with E-state index in [0.717, 1.165) is 13.0 Å². The number of hydrogen-bond donors (Lipinski definition) is 1. The molecule has 1 aromatic rings. The van der Waals surface area contributed by atoms with Crippen LogP contribution >= 0.6 is 11.6 Å². The van der Waals surface area contributed by atoms with Gasteiger partial charge in [-0.2, -0.15) is 0 Å². The quantitative estimate of drug-likeness (QED) is 0.914. The van der Waals surface area contributed by atoms with Gasteiger partial charge in [-0.05, 0) is 24.6 Å². The van der Waals surface area contributed by atoms with E-state index in [4.69, 9.17) is 16.7 Å². The number of hydrogen-bond acceptors (Lipinski definition) is 3. The van der Waals surface area contributed by atoms with Crippen LogP contribution in [0.4, 0.5) is 4.39 Å². The molecule has 0 bridgehead atoms. The number of carboxylic acids is 1. The molecule has 0 amide bonds. The molecule has 0 radical (unpaired) electrons. The fourth-order valence-corrected chi connectivity index (χ4v) is 2.54. The van der Waals surface area contributed by atoms with Crippen LogP contribution in [0.15, 0.2) is 18.2 Å². The first-order chi connectivity index (χ1) is 7.74. The summed E-state index contributed by atoms with van der Waals surface area (Å²) < 4.78 is 36.1. The van der Waals surface area contributed by atoms with Crippen molar-refractivity contribution < 1.29 is 22.7 Å². The Balaban J connectivity index is 2.98. The summed E-state index contributed by atoms with van der Waals surface area (Å²) in [5.74, 6) is -2.56. The summed E-state index contributed by atoms with van der Waals surface area (Å²) in [6.07, 6.45) is 0. The Bertz CT molecular complexity index is 541. The Hall–Kier alpha value is -1.14. The number of carboxylic acid groups (broad SMARTS) is 1. The molecule has 0 heterocycles. The molecule has 0 spiro atoms. The van der Waals surface area contributed by atoms with E-state index in [1.165, 1.54) is 12.1 Å². The SMILES string of the molecule is CC(C(=O)O)S(=O)(=O)Cc1ccc(F)c(Cl)c1. The van der Waals surface area contributed by atoms with Crippen molar-refractivity contribution in [2.24, 2.45) is 0 Å². The molecule has 0 aliphatic heterocycles. The maximum absolute atomic E-state index is 12.8. The van der Waals surface area contributed by atoms with Crippen LogP contribution in [0.25, 0.3) is 0 Å². The molecule has 0 fully saturated rings. The normalized spacial score (nSPS) is 13.4. The van der Waals surface area contributed by atoms with Crippen LogP contribution in [0.3, 0.4) is 0 Å². The zero-order chi connectivity index (χ0) is 13.2. The van der Waals surface area contributed by atoms with Crippen LogP contribution in [-0.4, -0.2) is 24.7 Å². The van der Waals surface area contributed by atoms with Crippen molar-refractivity contribution in [2.45, 2.75) is 17.9 Å². The smallest absolute Gasteiger partial charge is 0.321 e. The molecule has 1 aromatic carbocycles. The number of halogens is 2. The summed E-state index contributed by atoms with van der Waals surface area (Å²) in [5.41, 5.74) is 0.254. The highest BCUT2D eigenvalue weighted by molar-refractivity contribution is 7.91. The van der Waals surface area contributed by atoms with Crippen LogP contribution in [0.1, 0.15) is 12.5 Å². The Morgan fingerprint density at radius 2 is 2.12 bits per heavy atom. The monoisotopic (exact) mass is 280 g/mol. The predicted octanol–water partition coefficient (Wildman–Crippen LogP) is 1.87. The molecule has 0 saturated heterocycles.